The third kappa shape index (κ3) is 5.20. The maximum absolute atomic E-state index is 6.47. The largest absolute Gasteiger partial charge is 0.456 e. The van der Waals surface area contributed by atoms with Gasteiger partial charge in [-0.1, -0.05) is 140 Å². The van der Waals surface area contributed by atoms with Crippen molar-refractivity contribution in [2.75, 3.05) is 0 Å². The van der Waals surface area contributed by atoms with Crippen molar-refractivity contribution < 1.29 is 4.42 Å². The molecule has 240 valence electrons. The number of nitrogens with zero attached hydrogens (tertiary/aromatic N) is 2. The number of aliphatic imine (C=N–C) groups is 2. The van der Waals surface area contributed by atoms with E-state index in [0.29, 0.717) is 12.3 Å². The van der Waals surface area contributed by atoms with E-state index in [9.17, 15) is 0 Å². The Bertz CT molecular complexity index is 2860. The Balaban J connectivity index is 1.22. The Hall–Kier alpha value is -6.36. The molecule has 1 aliphatic rings. The molecule has 9 aromatic rings. The van der Waals surface area contributed by atoms with Gasteiger partial charge in [0.2, 0.25) is 0 Å². The molecule has 0 fully saturated rings. The Morgan fingerprint density at radius 2 is 1.12 bits per heavy atom. The van der Waals surface area contributed by atoms with Crippen molar-refractivity contribution in [1.82, 2.24) is 0 Å². The summed E-state index contributed by atoms with van der Waals surface area (Å²) in [5, 5.41) is 4.64. The second kappa shape index (κ2) is 12.2. The van der Waals surface area contributed by atoms with E-state index < -0.39 is 0 Å². The Kier molecular flexibility index (Phi) is 7.07. The van der Waals surface area contributed by atoms with Crippen molar-refractivity contribution in [2.24, 2.45) is 9.98 Å². The van der Waals surface area contributed by atoms with Gasteiger partial charge in [-0.25, -0.2) is 9.98 Å². The Labute approximate surface area is 299 Å². The first kappa shape index (κ1) is 29.5. The number of allylic oxidation sites excluding steroid dienone is 1. The number of hydrogen-bond acceptors (Lipinski definition) is 4. The minimum absolute atomic E-state index is 0.650. The van der Waals surface area contributed by atoms with Crippen molar-refractivity contribution in [3.63, 3.8) is 0 Å². The first-order valence-corrected chi connectivity index (χ1v) is 18.0. The fourth-order valence-corrected chi connectivity index (χ4v) is 8.45. The van der Waals surface area contributed by atoms with Crippen molar-refractivity contribution in [1.29, 1.82) is 0 Å². The van der Waals surface area contributed by atoms with Crippen molar-refractivity contribution >= 4 is 70.7 Å². The van der Waals surface area contributed by atoms with E-state index >= 15 is 0 Å². The second-order valence-electron chi connectivity index (χ2n) is 12.9. The molecule has 0 N–H and O–H groups in total. The molecule has 3 nitrogen and oxygen atoms in total. The number of rotatable bonds is 5. The van der Waals surface area contributed by atoms with Crippen LogP contribution < -0.4 is 0 Å². The van der Waals surface area contributed by atoms with Crippen LogP contribution in [0, 0.1) is 0 Å². The molecule has 0 saturated carbocycles. The van der Waals surface area contributed by atoms with E-state index in [1.165, 1.54) is 31.3 Å². The minimum atomic E-state index is 0.650. The lowest BCUT2D eigenvalue weighted by atomic mass is 9.93. The summed E-state index contributed by atoms with van der Waals surface area (Å²) in [5.41, 5.74) is 11.2. The van der Waals surface area contributed by atoms with Crippen LogP contribution in [0.2, 0.25) is 0 Å². The van der Waals surface area contributed by atoms with Gasteiger partial charge < -0.3 is 4.42 Å². The molecule has 0 unspecified atom stereocenters. The zero-order valence-corrected chi connectivity index (χ0v) is 28.4. The van der Waals surface area contributed by atoms with Crippen LogP contribution in [-0.4, -0.2) is 11.5 Å². The highest BCUT2D eigenvalue weighted by atomic mass is 32.1. The van der Waals surface area contributed by atoms with Gasteiger partial charge in [0, 0.05) is 42.9 Å². The maximum atomic E-state index is 6.47. The third-order valence-corrected chi connectivity index (χ3v) is 10.9. The topological polar surface area (TPSA) is 37.9 Å². The monoisotopic (exact) mass is 670 g/mol. The molecule has 3 heterocycles. The number of fused-ring (bicyclic) bond motifs is 6. The molecule has 7 aromatic carbocycles. The van der Waals surface area contributed by atoms with Crippen LogP contribution in [0.5, 0.6) is 0 Å². The molecule has 4 heteroatoms. The summed E-state index contributed by atoms with van der Waals surface area (Å²) in [5.74, 6) is 0.674. The number of thiophene rings is 1. The normalized spacial score (nSPS) is 13.4. The smallest absolute Gasteiger partial charge is 0.161 e. The molecule has 51 heavy (non-hydrogen) atoms. The molecule has 0 atom stereocenters. The summed E-state index contributed by atoms with van der Waals surface area (Å²) >= 11 is 1.83. The molecule has 0 radical (unpaired) electrons. The Morgan fingerprint density at radius 3 is 1.94 bits per heavy atom. The third-order valence-electron chi connectivity index (χ3n) is 9.81. The highest BCUT2D eigenvalue weighted by molar-refractivity contribution is 7.25. The lowest BCUT2D eigenvalue weighted by Crippen LogP contribution is -2.07. The quantitative estimate of drug-likeness (QED) is 0.180. The first-order chi connectivity index (χ1) is 25.3. The molecule has 10 rings (SSSR count). The lowest BCUT2D eigenvalue weighted by Gasteiger charge is -2.14. The van der Waals surface area contributed by atoms with Crippen LogP contribution in [0.3, 0.4) is 0 Å². The summed E-state index contributed by atoms with van der Waals surface area (Å²) < 4.78 is 9.02. The van der Waals surface area contributed by atoms with Crippen LogP contribution in [0.4, 0.5) is 0 Å². The average Bonchev–Trinajstić information content (AvgIpc) is 3.68. The second-order valence-corrected chi connectivity index (χ2v) is 13.9. The van der Waals surface area contributed by atoms with E-state index in [1.807, 2.05) is 29.5 Å². The van der Waals surface area contributed by atoms with Gasteiger partial charge in [0.05, 0.1) is 11.4 Å². The molecule has 2 aromatic heterocycles. The number of furan rings is 1. The van der Waals surface area contributed by atoms with Crippen LogP contribution >= 0.6 is 11.3 Å². The predicted octanol–water partition coefficient (Wildman–Crippen LogP) is 13.0. The average molecular weight is 671 g/mol. The van der Waals surface area contributed by atoms with E-state index in [1.54, 1.807) is 0 Å². The van der Waals surface area contributed by atoms with Crippen LogP contribution in [0.1, 0.15) is 23.1 Å². The standard InChI is InChI=1S/C47H30N2OS/c1-3-11-30(12-4-1)31-19-21-32(22-20-31)35-25-28-42-45(38-16-7-9-17-41(38)50-42)46(35)47-48-39(33-13-5-2-6-14-33)26-27-40(49-47)34-23-24-37-36-15-8-10-18-43(36)51-44(37)29-34/h1-26,28-29H,27H2. The molecule has 0 aliphatic carbocycles. The molecule has 0 bridgehead atoms. The lowest BCUT2D eigenvalue weighted by molar-refractivity contribution is 0.669. The van der Waals surface area contributed by atoms with Gasteiger partial charge in [-0.2, -0.15) is 0 Å². The highest BCUT2D eigenvalue weighted by Crippen LogP contribution is 2.40. The van der Waals surface area contributed by atoms with Gasteiger partial charge in [-0.15, -0.1) is 11.3 Å². The fraction of sp³-hybridized carbons (Fsp3) is 0.0213. The van der Waals surface area contributed by atoms with Crippen LogP contribution in [-0.2, 0) is 0 Å². The van der Waals surface area contributed by atoms with Gasteiger partial charge in [0.1, 0.15) is 11.2 Å². The zero-order chi connectivity index (χ0) is 33.7. The SMILES string of the molecule is C1=C(c2ccccc2)N=C(c2c(-c3ccc(-c4ccccc4)cc3)ccc3oc4ccccc4c23)N=C(c2ccc3c(c2)sc2ccccc23)C1. The summed E-state index contributed by atoms with van der Waals surface area (Å²) in [4.78, 5) is 10.9. The summed E-state index contributed by atoms with van der Waals surface area (Å²) in [7, 11) is 0. The molecule has 1 aliphatic heterocycles. The number of benzene rings is 7. The van der Waals surface area contributed by atoms with E-state index in [4.69, 9.17) is 14.4 Å². The predicted molar refractivity (Wildman–Crippen MR) is 216 cm³/mol. The van der Waals surface area contributed by atoms with E-state index in [-0.39, 0.29) is 0 Å². The maximum Gasteiger partial charge on any atom is 0.161 e. The minimum Gasteiger partial charge on any atom is -0.456 e. The van der Waals surface area contributed by atoms with Gasteiger partial charge in [0.15, 0.2) is 5.84 Å². The van der Waals surface area contributed by atoms with Crippen LogP contribution in [0.15, 0.2) is 184 Å². The molecular weight excluding hydrogens is 641 g/mol. The van der Waals surface area contributed by atoms with Gasteiger partial charge in [-0.3, -0.25) is 0 Å². The first-order valence-electron chi connectivity index (χ1n) is 17.2. The van der Waals surface area contributed by atoms with Gasteiger partial charge >= 0.3 is 0 Å². The molecular formula is C47H30N2OS. The number of hydrogen-bond donors (Lipinski definition) is 0. The van der Waals surface area contributed by atoms with Crippen molar-refractivity contribution in [3.05, 3.63) is 187 Å². The van der Waals surface area contributed by atoms with E-state index in [2.05, 4.69) is 152 Å². The molecule has 0 amide bonds. The van der Waals surface area contributed by atoms with Crippen molar-refractivity contribution in [2.45, 2.75) is 6.42 Å². The zero-order valence-electron chi connectivity index (χ0n) is 27.6. The number of amidine groups is 1. The fourth-order valence-electron chi connectivity index (χ4n) is 7.30. The van der Waals surface area contributed by atoms with Gasteiger partial charge in [0.25, 0.3) is 0 Å². The molecule has 0 spiro atoms. The summed E-state index contributed by atoms with van der Waals surface area (Å²) in [6.07, 6.45) is 2.87. The van der Waals surface area contributed by atoms with E-state index in [0.717, 1.165) is 61.2 Å². The van der Waals surface area contributed by atoms with Crippen molar-refractivity contribution in [3.8, 4) is 22.3 Å². The van der Waals surface area contributed by atoms with Gasteiger partial charge in [-0.05, 0) is 63.7 Å². The summed E-state index contributed by atoms with van der Waals surface area (Å²) in [6, 6.07) is 57.7. The van der Waals surface area contributed by atoms with Crippen LogP contribution in [0.25, 0.3) is 70.1 Å². The number of para-hydroxylation sites is 1. The summed E-state index contributed by atoms with van der Waals surface area (Å²) in [6.45, 7) is 0. The molecule has 0 saturated heterocycles. The highest BCUT2D eigenvalue weighted by Gasteiger charge is 2.23. The Morgan fingerprint density at radius 1 is 0.471 bits per heavy atom.